The van der Waals surface area contributed by atoms with Crippen LogP contribution in [0.4, 0.5) is 0 Å². The van der Waals surface area contributed by atoms with Crippen LogP contribution in [0.1, 0.15) is 66.8 Å². The molecule has 4 aromatic carbocycles. The van der Waals surface area contributed by atoms with Crippen molar-refractivity contribution in [2.45, 2.75) is 76.3 Å². The van der Waals surface area contributed by atoms with Crippen LogP contribution in [-0.2, 0) is 29.2 Å². The Balaban J connectivity index is 1.06. The second kappa shape index (κ2) is 15.1. The fourth-order valence-corrected chi connectivity index (χ4v) is 6.63. The minimum Gasteiger partial charge on any atom is -0.493 e. The Morgan fingerprint density at radius 2 is 1.47 bits per heavy atom. The van der Waals surface area contributed by atoms with Gasteiger partial charge in [0.2, 0.25) is 0 Å². The Morgan fingerprint density at radius 1 is 0.756 bits per heavy atom. The van der Waals surface area contributed by atoms with Gasteiger partial charge in [0.25, 0.3) is 0 Å². The molecule has 45 heavy (non-hydrogen) atoms. The van der Waals surface area contributed by atoms with Gasteiger partial charge in [-0.1, -0.05) is 85.3 Å². The molecule has 0 amide bonds. The zero-order valence-electron chi connectivity index (χ0n) is 26.1. The molecular weight excluding hydrogens is 562 g/mol. The quantitative estimate of drug-likeness (QED) is 0.152. The van der Waals surface area contributed by atoms with Gasteiger partial charge in [0, 0.05) is 31.3 Å². The number of hydrogen-bond acceptors (Lipinski definition) is 6. The number of benzene rings is 4. The van der Waals surface area contributed by atoms with Gasteiger partial charge in [-0.15, -0.1) is 0 Å². The van der Waals surface area contributed by atoms with Crippen molar-refractivity contribution in [2.24, 2.45) is 0 Å². The minimum absolute atomic E-state index is 0.105. The molecule has 6 heteroatoms. The van der Waals surface area contributed by atoms with E-state index < -0.39 is 0 Å². The first-order valence-electron chi connectivity index (χ1n) is 16.2. The summed E-state index contributed by atoms with van der Waals surface area (Å²) < 4.78 is 24.0. The molecular formula is C39H43NO5. The molecule has 0 aromatic heterocycles. The lowest BCUT2D eigenvalue weighted by Crippen LogP contribution is -2.49. The summed E-state index contributed by atoms with van der Waals surface area (Å²) in [7, 11) is 1.68. The van der Waals surface area contributed by atoms with Gasteiger partial charge in [0.15, 0.2) is 11.5 Å². The molecule has 2 heterocycles. The van der Waals surface area contributed by atoms with Crippen LogP contribution in [0.25, 0.3) is 0 Å². The summed E-state index contributed by atoms with van der Waals surface area (Å²) in [4.78, 5) is 15.7. The third-order valence-corrected chi connectivity index (χ3v) is 8.99. The molecule has 3 atom stereocenters. The van der Waals surface area contributed by atoms with E-state index in [0.29, 0.717) is 32.1 Å². The lowest BCUT2D eigenvalue weighted by atomic mass is 9.84. The Labute approximate surface area is 266 Å². The van der Waals surface area contributed by atoms with E-state index in [1.165, 1.54) is 18.4 Å². The standard InChI is InChI=1S/C39H43NO5/c1-42-37-21-18-32(24-38(37)44-28-31-12-6-3-7-13-31)36-26-35(25-33-14-8-9-23-40(33)36)45-39(41)22-17-29-15-19-34(20-16-29)43-27-30-10-4-2-5-11-30/h2-7,10-13,15-16,18-21,24,33,35-36H,8-9,14,17,22-23,25-28H2,1H3/t33-,35+,36-/m0/s1. The van der Waals surface area contributed by atoms with E-state index in [1.807, 2.05) is 66.7 Å². The van der Waals surface area contributed by atoms with Crippen molar-refractivity contribution < 1.29 is 23.7 Å². The lowest BCUT2D eigenvalue weighted by Gasteiger charge is -2.47. The first-order chi connectivity index (χ1) is 22.1. The predicted molar refractivity (Wildman–Crippen MR) is 176 cm³/mol. The molecule has 0 aliphatic carbocycles. The molecule has 0 saturated carbocycles. The summed E-state index contributed by atoms with van der Waals surface area (Å²) in [5.74, 6) is 2.15. The number of fused-ring (bicyclic) bond motifs is 1. The number of aryl methyl sites for hydroxylation is 1. The highest BCUT2D eigenvalue weighted by atomic mass is 16.5. The third kappa shape index (κ3) is 8.25. The highest BCUT2D eigenvalue weighted by Crippen LogP contribution is 2.42. The van der Waals surface area contributed by atoms with E-state index in [1.54, 1.807) is 7.11 Å². The van der Waals surface area contributed by atoms with E-state index in [9.17, 15) is 4.79 Å². The number of rotatable bonds is 12. The number of carbonyl (C=O) groups is 1. The fourth-order valence-electron chi connectivity index (χ4n) is 6.63. The molecule has 6 nitrogen and oxygen atoms in total. The van der Waals surface area contributed by atoms with Crippen molar-refractivity contribution in [1.29, 1.82) is 0 Å². The van der Waals surface area contributed by atoms with Crippen LogP contribution < -0.4 is 14.2 Å². The number of nitrogens with zero attached hydrogens (tertiary/aromatic N) is 1. The van der Waals surface area contributed by atoms with E-state index in [-0.39, 0.29) is 18.1 Å². The molecule has 2 aliphatic heterocycles. The lowest BCUT2D eigenvalue weighted by molar-refractivity contribution is -0.154. The summed E-state index contributed by atoms with van der Waals surface area (Å²) in [6.07, 6.45) is 6.12. The predicted octanol–water partition coefficient (Wildman–Crippen LogP) is 8.09. The molecule has 234 valence electrons. The van der Waals surface area contributed by atoms with Crippen molar-refractivity contribution in [3.05, 3.63) is 125 Å². The summed E-state index contributed by atoms with van der Waals surface area (Å²) in [6.45, 7) is 2.07. The summed E-state index contributed by atoms with van der Waals surface area (Å²) in [5, 5.41) is 0. The van der Waals surface area contributed by atoms with Crippen LogP contribution in [0.5, 0.6) is 17.2 Å². The third-order valence-electron chi connectivity index (χ3n) is 8.99. The van der Waals surface area contributed by atoms with Gasteiger partial charge in [-0.3, -0.25) is 9.69 Å². The van der Waals surface area contributed by atoms with Crippen LogP contribution >= 0.6 is 0 Å². The molecule has 2 saturated heterocycles. The van der Waals surface area contributed by atoms with Gasteiger partial charge in [-0.05, 0) is 72.3 Å². The number of piperidine rings is 2. The Kier molecular flexibility index (Phi) is 10.3. The average Bonchev–Trinajstić information content (AvgIpc) is 3.10. The van der Waals surface area contributed by atoms with Crippen molar-refractivity contribution in [3.63, 3.8) is 0 Å². The van der Waals surface area contributed by atoms with Gasteiger partial charge in [-0.25, -0.2) is 0 Å². The highest BCUT2D eigenvalue weighted by molar-refractivity contribution is 5.70. The fraction of sp³-hybridized carbons (Fsp3) is 0.359. The molecule has 0 N–H and O–H groups in total. The monoisotopic (exact) mass is 605 g/mol. The second-order valence-electron chi connectivity index (χ2n) is 12.1. The van der Waals surface area contributed by atoms with Crippen LogP contribution in [0.15, 0.2) is 103 Å². The van der Waals surface area contributed by atoms with Gasteiger partial charge in [-0.2, -0.15) is 0 Å². The molecule has 0 spiro atoms. The summed E-state index contributed by atoms with van der Waals surface area (Å²) in [5.41, 5.74) is 4.52. The van der Waals surface area contributed by atoms with Crippen molar-refractivity contribution in [2.75, 3.05) is 13.7 Å². The Bertz CT molecular complexity index is 1510. The van der Waals surface area contributed by atoms with Crippen molar-refractivity contribution in [3.8, 4) is 17.2 Å². The number of carbonyl (C=O) groups excluding carboxylic acids is 1. The van der Waals surface area contributed by atoms with E-state index in [0.717, 1.165) is 59.7 Å². The highest BCUT2D eigenvalue weighted by Gasteiger charge is 2.39. The molecule has 0 radical (unpaired) electrons. The van der Waals surface area contributed by atoms with Crippen molar-refractivity contribution >= 4 is 5.97 Å². The number of methoxy groups -OCH3 is 1. The van der Waals surface area contributed by atoms with Gasteiger partial charge in [0.05, 0.1) is 7.11 Å². The first-order valence-corrected chi connectivity index (χ1v) is 16.2. The topological polar surface area (TPSA) is 57.2 Å². The maximum Gasteiger partial charge on any atom is 0.306 e. The Morgan fingerprint density at radius 3 is 2.18 bits per heavy atom. The molecule has 0 bridgehead atoms. The zero-order chi connectivity index (χ0) is 30.8. The minimum atomic E-state index is -0.131. The molecule has 2 fully saturated rings. The molecule has 0 unspecified atom stereocenters. The first kappa shape index (κ1) is 30.7. The second-order valence-corrected chi connectivity index (χ2v) is 12.1. The van der Waals surface area contributed by atoms with Gasteiger partial charge < -0.3 is 18.9 Å². The van der Waals surface area contributed by atoms with Gasteiger partial charge >= 0.3 is 5.97 Å². The maximum atomic E-state index is 13.1. The molecule has 4 aromatic rings. The van der Waals surface area contributed by atoms with E-state index in [2.05, 4.69) is 41.3 Å². The van der Waals surface area contributed by atoms with Gasteiger partial charge in [0.1, 0.15) is 25.1 Å². The number of hydrogen-bond donors (Lipinski definition) is 0. The summed E-state index contributed by atoms with van der Waals surface area (Å²) in [6, 6.07) is 35.1. The molecule has 2 aliphatic rings. The number of ether oxygens (including phenoxy) is 4. The number of esters is 1. The van der Waals surface area contributed by atoms with Crippen LogP contribution in [0, 0.1) is 0 Å². The van der Waals surface area contributed by atoms with Crippen LogP contribution in [0.3, 0.4) is 0 Å². The van der Waals surface area contributed by atoms with E-state index >= 15 is 0 Å². The zero-order valence-corrected chi connectivity index (χ0v) is 26.1. The Hall–Kier alpha value is -4.29. The normalized spacial score (nSPS) is 19.7. The maximum absolute atomic E-state index is 13.1. The van der Waals surface area contributed by atoms with Crippen LogP contribution in [-0.4, -0.2) is 36.7 Å². The molecule has 6 rings (SSSR count). The smallest absolute Gasteiger partial charge is 0.306 e. The summed E-state index contributed by atoms with van der Waals surface area (Å²) >= 11 is 0. The largest absolute Gasteiger partial charge is 0.493 e. The average molecular weight is 606 g/mol. The van der Waals surface area contributed by atoms with Crippen LogP contribution in [0.2, 0.25) is 0 Å². The SMILES string of the molecule is COc1ccc([C@@H]2C[C@H](OC(=O)CCc3ccc(OCc4ccccc4)cc3)C[C@@H]3CCCCN32)cc1OCc1ccccc1. The van der Waals surface area contributed by atoms with Crippen molar-refractivity contribution in [1.82, 2.24) is 4.90 Å². The van der Waals surface area contributed by atoms with E-state index in [4.69, 9.17) is 18.9 Å².